The first kappa shape index (κ1) is 30.2. The Morgan fingerprint density at radius 1 is 0.951 bits per heavy atom. The van der Waals surface area contributed by atoms with Gasteiger partial charge in [-0.15, -0.1) is 0 Å². The van der Waals surface area contributed by atoms with Crippen molar-refractivity contribution in [3.05, 3.63) is 99.2 Å². The third-order valence-electron chi connectivity index (χ3n) is 7.77. The number of nitrogens with zero attached hydrogens (tertiary/aromatic N) is 1. The first-order chi connectivity index (χ1) is 19.4. The van der Waals surface area contributed by atoms with Crippen molar-refractivity contribution < 1.29 is 19.4 Å². The Morgan fingerprint density at radius 3 is 2.32 bits per heavy atom. The number of hydrogen-bond donors (Lipinski definition) is 2. The second-order valence-electron chi connectivity index (χ2n) is 11.4. The van der Waals surface area contributed by atoms with Crippen LogP contribution in [0.25, 0.3) is 10.9 Å². The van der Waals surface area contributed by atoms with Gasteiger partial charge in [-0.05, 0) is 79.3 Å². The lowest BCUT2D eigenvalue weighted by Gasteiger charge is -2.20. The molecule has 0 aliphatic rings. The Kier molecular flexibility index (Phi) is 9.13. The Labute approximate surface area is 247 Å². The summed E-state index contributed by atoms with van der Waals surface area (Å²) in [5.74, 6) is -0.586. The minimum Gasteiger partial charge on any atom is -0.478 e. The maximum atomic E-state index is 13.3. The van der Waals surface area contributed by atoms with Crippen LogP contribution in [0, 0.1) is 19.8 Å². The second kappa shape index (κ2) is 12.4. The number of hydrogen-bond acceptors (Lipinski definition) is 3. The van der Waals surface area contributed by atoms with Gasteiger partial charge in [-0.1, -0.05) is 69.6 Å². The highest BCUT2D eigenvalue weighted by atomic mass is 35.5. The van der Waals surface area contributed by atoms with Gasteiger partial charge in [-0.25, -0.2) is 4.79 Å². The third-order valence-corrected chi connectivity index (χ3v) is 8.08. The molecule has 7 heteroatoms. The second-order valence-corrected chi connectivity index (χ2v) is 11.8. The highest BCUT2D eigenvalue weighted by molar-refractivity contribution is 6.32. The molecule has 4 rings (SSSR count). The summed E-state index contributed by atoms with van der Waals surface area (Å²) < 4.78 is 8.00. The van der Waals surface area contributed by atoms with Crippen LogP contribution in [-0.4, -0.2) is 27.7 Å². The van der Waals surface area contributed by atoms with Crippen LogP contribution in [0.15, 0.2) is 60.7 Å². The van der Waals surface area contributed by atoms with E-state index in [0.29, 0.717) is 28.8 Å². The molecule has 0 fully saturated rings. The summed E-state index contributed by atoms with van der Waals surface area (Å²) in [5, 5.41) is 14.1. The van der Waals surface area contributed by atoms with Crippen molar-refractivity contribution >= 4 is 34.4 Å². The van der Waals surface area contributed by atoms with Crippen molar-refractivity contribution in [3.63, 3.8) is 0 Å². The number of amides is 1. The molecular formula is C34H39ClN2O4. The number of nitrogens with one attached hydrogen (secondary N) is 1. The predicted octanol–water partition coefficient (Wildman–Crippen LogP) is 8.06. The number of fused-ring (bicyclic) bond motifs is 1. The van der Waals surface area contributed by atoms with Gasteiger partial charge in [0.15, 0.2) is 6.10 Å². The van der Waals surface area contributed by atoms with E-state index < -0.39 is 12.1 Å². The van der Waals surface area contributed by atoms with Gasteiger partial charge >= 0.3 is 5.97 Å². The van der Waals surface area contributed by atoms with E-state index in [1.165, 1.54) is 5.56 Å². The number of aliphatic carboxylic acids is 1. The molecule has 216 valence electrons. The van der Waals surface area contributed by atoms with E-state index >= 15 is 0 Å². The summed E-state index contributed by atoms with van der Waals surface area (Å²) in [7, 11) is 0. The number of halogens is 1. The minimum absolute atomic E-state index is 0.114. The van der Waals surface area contributed by atoms with Gasteiger partial charge in [-0.3, -0.25) is 4.79 Å². The molecule has 0 spiro atoms. The monoisotopic (exact) mass is 574 g/mol. The maximum absolute atomic E-state index is 13.3. The lowest BCUT2D eigenvalue weighted by molar-refractivity contribution is -0.147. The van der Waals surface area contributed by atoms with E-state index in [1.54, 1.807) is 26.0 Å². The number of ether oxygens (including phenoxy) is 1. The summed E-state index contributed by atoms with van der Waals surface area (Å²) >= 11 is 6.36. The molecule has 1 amide bonds. The Hall–Kier alpha value is -3.77. The fourth-order valence-corrected chi connectivity index (χ4v) is 5.24. The summed E-state index contributed by atoms with van der Waals surface area (Å²) in [4.78, 5) is 24.9. The highest BCUT2D eigenvalue weighted by Gasteiger charge is 2.25. The van der Waals surface area contributed by atoms with E-state index in [9.17, 15) is 14.7 Å². The van der Waals surface area contributed by atoms with Gasteiger partial charge < -0.3 is 19.7 Å². The van der Waals surface area contributed by atoms with Crippen LogP contribution in [0.4, 0.5) is 0 Å². The minimum atomic E-state index is -1.03. The Balaban J connectivity index is 1.58. The number of benzene rings is 3. The van der Waals surface area contributed by atoms with Crippen LogP contribution in [0.1, 0.15) is 84.9 Å². The fraction of sp³-hybridized carbons (Fsp3) is 0.353. The van der Waals surface area contributed by atoms with Crippen LogP contribution in [0.3, 0.4) is 0 Å². The number of aromatic nitrogens is 1. The molecule has 0 saturated heterocycles. The SMILES string of the molecule is Cc1c(C)n(Cc2ccc(Cl)c(O[C@@H](C(=O)O)C(C)C)c2)c2ccc(C(=O)N[C@@H](C)c3cccc(C(C)C)c3)cc12. The molecular weight excluding hydrogens is 536 g/mol. The van der Waals surface area contributed by atoms with Gasteiger partial charge in [0.2, 0.25) is 0 Å². The van der Waals surface area contributed by atoms with Crippen LogP contribution >= 0.6 is 11.6 Å². The number of rotatable bonds is 10. The Morgan fingerprint density at radius 2 is 1.66 bits per heavy atom. The van der Waals surface area contributed by atoms with Crippen LogP contribution < -0.4 is 10.1 Å². The van der Waals surface area contributed by atoms with Crippen molar-refractivity contribution in [1.29, 1.82) is 0 Å². The number of carbonyl (C=O) groups is 2. The quantitative estimate of drug-likeness (QED) is 0.201. The average Bonchev–Trinajstić information content (AvgIpc) is 3.16. The lowest BCUT2D eigenvalue weighted by atomic mass is 9.98. The molecule has 0 aliphatic carbocycles. The first-order valence-corrected chi connectivity index (χ1v) is 14.4. The number of carbonyl (C=O) groups excluding carboxylic acids is 1. The summed E-state index contributed by atoms with van der Waals surface area (Å²) in [6, 6.07) is 19.5. The van der Waals surface area contributed by atoms with Gasteiger partial charge in [0.1, 0.15) is 5.75 Å². The average molecular weight is 575 g/mol. The Bertz CT molecular complexity index is 1590. The molecule has 6 nitrogen and oxygen atoms in total. The molecule has 0 unspecified atom stereocenters. The van der Waals surface area contributed by atoms with Gasteiger partial charge in [0.25, 0.3) is 5.91 Å². The molecule has 0 saturated carbocycles. The zero-order valence-corrected chi connectivity index (χ0v) is 25.5. The van der Waals surface area contributed by atoms with E-state index in [0.717, 1.165) is 33.3 Å². The van der Waals surface area contributed by atoms with Crippen molar-refractivity contribution in [3.8, 4) is 5.75 Å². The zero-order chi connectivity index (χ0) is 30.0. The molecule has 1 heterocycles. The first-order valence-electron chi connectivity index (χ1n) is 14.0. The summed E-state index contributed by atoms with van der Waals surface area (Å²) in [5.41, 5.74) is 7.06. The molecule has 2 N–H and O–H groups in total. The van der Waals surface area contributed by atoms with Crippen molar-refractivity contribution in [1.82, 2.24) is 9.88 Å². The molecule has 2 atom stereocenters. The smallest absolute Gasteiger partial charge is 0.345 e. The van der Waals surface area contributed by atoms with Crippen LogP contribution in [0.5, 0.6) is 5.75 Å². The zero-order valence-electron chi connectivity index (χ0n) is 24.8. The summed E-state index contributed by atoms with van der Waals surface area (Å²) in [6.07, 6.45) is -0.995. The fourth-order valence-electron chi connectivity index (χ4n) is 5.07. The largest absolute Gasteiger partial charge is 0.478 e. The third kappa shape index (κ3) is 6.59. The number of carboxylic acid groups (broad SMARTS) is 1. The van der Waals surface area contributed by atoms with Gasteiger partial charge in [0, 0.05) is 34.6 Å². The van der Waals surface area contributed by atoms with Crippen molar-refractivity contribution in [2.75, 3.05) is 0 Å². The lowest BCUT2D eigenvalue weighted by Crippen LogP contribution is -2.32. The molecule has 0 bridgehead atoms. The van der Waals surface area contributed by atoms with E-state index in [2.05, 4.69) is 49.7 Å². The standard InChI is InChI=1S/C34H39ClN2O4/c1-19(2)25-9-8-10-26(16-25)22(6)36-33(38)27-12-14-30-28(17-27)21(5)23(7)37(30)18-24-11-13-29(35)31(15-24)41-32(20(3)4)34(39)40/h8-17,19-20,22,32H,18H2,1-7H3,(H,36,38)(H,39,40)/t22-,32+/m0/s1. The van der Waals surface area contributed by atoms with Gasteiger partial charge in [0.05, 0.1) is 11.1 Å². The molecule has 4 aromatic rings. The number of carboxylic acids is 1. The predicted molar refractivity (Wildman–Crippen MR) is 165 cm³/mol. The number of aryl methyl sites for hydroxylation is 1. The molecule has 3 aromatic carbocycles. The van der Waals surface area contributed by atoms with Crippen molar-refractivity contribution in [2.45, 2.75) is 73.1 Å². The highest BCUT2D eigenvalue weighted by Crippen LogP contribution is 2.31. The maximum Gasteiger partial charge on any atom is 0.345 e. The van der Waals surface area contributed by atoms with Crippen molar-refractivity contribution in [2.24, 2.45) is 5.92 Å². The van der Waals surface area contributed by atoms with E-state index in [1.807, 2.05) is 43.3 Å². The van der Waals surface area contributed by atoms with Crippen LogP contribution in [-0.2, 0) is 11.3 Å². The molecule has 0 radical (unpaired) electrons. The molecule has 0 aliphatic heterocycles. The molecule has 41 heavy (non-hydrogen) atoms. The van der Waals surface area contributed by atoms with E-state index in [-0.39, 0.29) is 17.9 Å². The summed E-state index contributed by atoms with van der Waals surface area (Å²) in [6.45, 7) is 14.6. The topological polar surface area (TPSA) is 80.6 Å². The normalized spacial score (nSPS) is 13.0. The molecule has 1 aromatic heterocycles. The van der Waals surface area contributed by atoms with Gasteiger partial charge in [-0.2, -0.15) is 0 Å². The van der Waals surface area contributed by atoms with E-state index in [4.69, 9.17) is 16.3 Å². The van der Waals surface area contributed by atoms with Crippen LogP contribution in [0.2, 0.25) is 5.02 Å².